The smallest absolute Gasteiger partial charge is 0.191 e. The molecule has 0 aliphatic carbocycles. The number of benzene rings is 2. The number of ether oxygens (including phenoxy) is 2. The lowest BCUT2D eigenvalue weighted by Gasteiger charge is -2.16. The van der Waals surface area contributed by atoms with Gasteiger partial charge in [0.1, 0.15) is 12.4 Å². The molecular formula is C22H32N4O2. The van der Waals surface area contributed by atoms with Crippen LogP contribution in [-0.2, 0) is 17.8 Å². The highest BCUT2D eigenvalue weighted by Crippen LogP contribution is 2.13. The average molecular weight is 385 g/mol. The van der Waals surface area contributed by atoms with E-state index in [1.807, 2.05) is 30.3 Å². The highest BCUT2D eigenvalue weighted by atomic mass is 16.5. The van der Waals surface area contributed by atoms with Crippen LogP contribution in [0.3, 0.4) is 0 Å². The number of guanidine groups is 1. The molecule has 0 saturated heterocycles. The molecule has 0 heterocycles. The highest BCUT2D eigenvalue weighted by molar-refractivity contribution is 5.79. The molecule has 6 heteroatoms. The van der Waals surface area contributed by atoms with E-state index in [9.17, 15) is 0 Å². The SMILES string of the molecule is CN=C(NCc1ccccc1)NCc1cccc(OCCN(C)CCOC)c1. The summed E-state index contributed by atoms with van der Waals surface area (Å²) in [4.78, 5) is 6.47. The number of rotatable bonds is 11. The maximum atomic E-state index is 5.88. The maximum Gasteiger partial charge on any atom is 0.191 e. The van der Waals surface area contributed by atoms with E-state index in [0.29, 0.717) is 13.2 Å². The zero-order valence-corrected chi connectivity index (χ0v) is 17.1. The van der Waals surface area contributed by atoms with Gasteiger partial charge in [0.15, 0.2) is 5.96 Å². The van der Waals surface area contributed by atoms with E-state index in [1.165, 1.54) is 5.56 Å². The first kappa shape index (κ1) is 21.7. The topological polar surface area (TPSA) is 58.1 Å². The van der Waals surface area contributed by atoms with Crippen molar-refractivity contribution in [3.05, 3.63) is 65.7 Å². The molecule has 28 heavy (non-hydrogen) atoms. The fourth-order valence-corrected chi connectivity index (χ4v) is 2.61. The van der Waals surface area contributed by atoms with Crippen LogP contribution in [0.2, 0.25) is 0 Å². The van der Waals surface area contributed by atoms with E-state index in [-0.39, 0.29) is 0 Å². The quantitative estimate of drug-likeness (QED) is 0.461. The molecular weight excluding hydrogens is 352 g/mol. The average Bonchev–Trinajstić information content (AvgIpc) is 2.73. The van der Waals surface area contributed by atoms with Crippen LogP contribution in [0.15, 0.2) is 59.6 Å². The summed E-state index contributed by atoms with van der Waals surface area (Å²) in [5.74, 6) is 1.65. The zero-order chi connectivity index (χ0) is 20.0. The van der Waals surface area contributed by atoms with Crippen LogP contribution < -0.4 is 15.4 Å². The molecule has 6 nitrogen and oxygen atoms in total. The van der Waals surface area contributed by atoms with Crippen LogP contribution in [0, 0.1) is 0 Å². The number of methoxy groups -OCH3 is 1. The first-order valence-corrected chi connectivity index (χ1v) is 9.59. The summed E-state index contributed by atoms with van der Waals surface area (Å²) >= 11 is 0. The predicted octanol–water partition coefficient (Wildman–Crippen LogP) is 2.51. The Morgan fingerprint density at radius 3 is 2.32 bits per heavy atom. The van der Waals surface area contributed by atoms with Gasteiger partial charge in [-0.05, 0) is 30.3 Å². The number of nitrogens with one attached hydrogen (secondary N) is 2. The molecule has 0 aromatic heterocycles. The van der Waals surface area contributed by atoms with E-state index in [0.717, 1.165) is 43.5 Å². The summed E-state index contributed by atoms with van der Waals surface area (Å²) in [6.07, 6.45) is 0. The zero-order valence-electron chi connectivity index (χ0n) is 17.1. The van der Waals surface area contributed by atoms with Gasteiger partial charge in [-0.1, -0.05) is 42.5 Å². The van der Waals surface area contributed by atoms with Crippen LogP contribution in [0.25, 0.3) is 0 Å². The second-order valence-electron chi connectivity index (χ2n) is 6.56. The van der Waals surface area contributed by atoms with Gasteiger partial charge >= 0.3 is 0 Å². The summed E-state index contributed by atoms with van der Waals surface area (Å²) in [6, 6.07) is 18.4. The van der Waals surface area contributed by atoms with Crippen molar-refractivity contribution in [1.82, 2.24) is 15.5 Å². The van der Waals surface area contributed by atoms with Gasteiger partial charge in [0.2, 0.25) is 0 Å². The van der Waals surface area contributed by atoms with E-state index in [4.69, 9.17) is 9.47 Å². The van der Waals surface area contributed by atoms with Crippen molar-refractivity contribution in [2.75, 3.05) is 47.5 Å². The molecule has 0 spiro atoms. The molecule has 2 aromatic rings. The minimum atomic E-state index is 0.650. The minimum Gasteiger partial charge on any atom is -0.492 e. The van der Waals surface area contributed by atoms with Crippen molar-refractivity contribution in [1.29, 1.82) is 0 Å². The Kier molecular flexibility index (Phi) is 9.89. The molecule has 0 radical (unpaired) electrons. The van der Waals surface area contributed by atoms with Gasteiger partial charge in [-0.15, -0.1) is 0 Å². The van der Waals surface area contributed by atoms with Crippen molar-refractivity contribution in [2.24, 2.45) is 4.99 Å². The van der Waals surface area contributed by atoms with E-state index in [2.05, 4.69) is 51.8 Å². The predicted molar refractivity (Wildman–Crippen MR) is 115 cm³/mol. The minimum absolute atomic E-state index is 0.650. The Balaban J connectivity index is 1.75. The Bertz CT molecular complexity index is 707. The third kappa shape index (κ3) is 8.41. The van der Waals surface area contributed by atoms with Gasteiger partial charge in [-0.2, -0.15) is 0 Å². The molecule has 0 amide bonds. The summed E-state index contributed by atoms with van der Waals surface area (Å²) in [5, 5.41) is 6.67. The van der Waals surface area contributed by atoms with Gasteiger partial charge in [0, 0.05) is 40.3 Å². The molecule has 152 valence electrons. The summed E-state index contributed by atoms with van der Waals surface area (Å²) in [5.41, 5.74) is 2.37. The van der Waals surface area contributed by atoms with Gasteiger partial charge in [0.25, 0.3) is 0 Å². The second-order valence-corrected chi connectivity index (χ2v) is 6.56. The normalized spacial score (nSPS) is 11.5. The number of hydrogen-bond acceptors (Lipinski definition) is 4. The van der Waals surface area contributed by atoms with Gasteiger partial charge in [-0.3, -0.25) is 4.99 Å². The van der Waals surface area contributed by atoms with Crippen molar-refractivity contribution in [2.45, 2.75) is 13.1 Å². The van der Waals surface area contributed by atoms with E-state index >= 15 is 0 Å². The van der Waals surface area contributed by atoms with Gasteiger partial charge < -0.3 is 25.0 Å². The van der Waals surface area contributed by atoms with E-state index < -0.39 is 0 Å². The Hall–Kier alpha value is -2.57. The largest absolute Gasteiger partial charge is 0.492 e. The van der Waals surface area contributed by atoms with Gasteiger partial charge in [-0.25, -0.2) is 0 Å². The first-order valence-electron chi connectivity index (χ1n) is 9.59. The van der Waals surface area contributed by atoms with Crippen LogP contribution in [0.4, 0.5) is 0 Å². The Labute approximate surface area is 168 Å². The molecule has 0 aliphatic heterocycles. The fourth-order valence-electron chi connectivity index (χ4n) is 2.61. The molecule has 0 atom stereocenters. The summed E-state index contributed by atoms with van der Waals surface area (Å²) in [6.45, 7) is 4.56. The van der Waals surface area contributed by atoms with Crippen molar-refractivity contribution in [3.63, 3.8) is 0 Å². The first-order chi connectivity index (χ1) is 13.7. The summed E-state index contributed by atoms with van der Waals surface area (Å²) in [7, 11) is 5.56. The standard InChI is InChI=1S/C22H32N4O2/c1-23-22(24-17-19-8-5-4-6-9-19)25-18-20-10-7-11-21(16-20)28-15-13-26(2)12-14-27-3/h4-11,16H,12-15,17-18H2,1-3H3,(H2,23,24,25). The monoisotopic (exact) mass is 384 g/mol. The van der Waals surface area contributed by atoms with Crippen LogP contribution in [0.1, 0.15) is 11.1 Å². The lowest BCUT2D eigenvalue weighted by atomic mass is 10.2. The molecule has 0 fully saturated rings. The van der Waals surface area contributed by atoms with Crippen LogP contribution in [0.5, 0.6) is 5.75 Å². The third-order valence-corrected chi connectivity index (χ3v) is 4.30. The number of aliphatic imine (C=N–C) groups is 1. The lowest BCUT2D eigenvalue weighted by Crippen LogP contribution is -2.36. The Morgan fingerprint density at radius 1 is 0.929 bits per heavy atom. The highest BCUT2D eigenvalue weighted by Gasteiger charge is 2.02. The lowest BCUT2D eigenvalue weighted by molar-refractivity contribution is 0.150. The maximum absolute atomic E-state index is 5.88. The molecule has 2 aromatic carbocycles. The van der Waals surface area contributed by atoms with Crippen molar-refractivity contribution >= 4 is 5.96 Å². The molecule has 2 N–H and O–H groups in total. The van der Waals surface area contributed by atoms with Crippen molar-refractivity contribution in [3.8, 4) is 5.75 Å². The molecule has 0 aliphatic rings. The molecule has 0 saturated carbocycles. The number of nitrogens with zero attached hydrogens (tertiary/aromatic N) is 2. The Morgan fingerprint density at radius 2 is 1.61 bits per heavy atom. The molecule has 2 rings (SSSR count). The molecule has 0 bridgehead atoms. The second kappa shape index (κ2) is 12.8. The van der Waals surface area contributed by atoms with Crippen molar-refractivity contribution < 1.29 is 9.47 Å². The van der Waals surface area contributed by atoms with E-state index in [1.54, 1.807) is 14.2 Å². The van der Waals surface area contributed by atoms with Crippen LogP contribution in [-0.4, -0.2) is 58.4 Å². The van der Waals surface area contributed by atoms with Crippen LogP contribution >= 0.6 is 0 Å². The third-order valence-electron chi connectivity index (χ3n) is 4.30. The van der Waals surface area contributed by atoms with Gasteiger partial charge in [0.05, 0.1) is 6.61 Å². The number of likely N-dealkylation sites (N-methyl/N-ethyl adjacent to an activating group) is 1. The fraction of sp³-hybridized carbons (Fsp3) is 0.409. The summed E-state index contributed by atoms with van der Waals surface area (Å²) < 4.78 is 11.0. The molecule has 0 unspecified atom stereocenters. The number of hydrogen-bond donors (Lipinski definition) is 2.